The summed E-state index contributed by atoms with van der Waals surface area (Å²) in [4.78, 5) is 0. The molecule has 0 atom stereocenters. The van der Waals surface area contributed by atoms with Gasteiger partial charge in [0.2, 0.25) is 0 Å². The van der Waals surface area contributed by atoms with Crippen LogP contribution in [-0.2, 0) is 5.41 Å². The van der Waals surface area contributed by atoms with Crippen molar-refractivity contribution in [2.24, 2.45) is 0 Å². The quantitative estimate of drug-likeness (QED) is 0.631. The highest BCUT2D eigenvalue weighted by atomic mass is 16.3. The first-order valence-electron chi connectivity index (χ1n) is 4.53. The molecule has 0 radical (unpaired) electrons. The first-order valence-corrected chi connectivity index (χ1v) is 4.53. The second-order valence-corrected chi connectivity index (χ2v) is 4.17. The lowest BCUT2D eigenvalue weighted by Crippen LogP contribution is -2.22. The summed E-state index contributed by atoms with van der Waals surface area (Å²) in [6.45, 7) is 5.24. The van der Waals surface area contributed by atoms with Gasteiger partial charge in [-0.25, -0.2) is 0 Å². The predicted octanol–water partition coefficient (Wildman–Crippen LogP) is 1.68. The maximum absolute atomic E-state index is 9.68. The Hall–Kier alpha value is -1.22. The molecule has 1 aromatic carbocycles. The second kappa shape index (κ2) is 3.50. The average Bonchev–Trinajstić information content (AvgIpc) is 2.14. The van der Waals surface area contributed by atoms with Gasteiger partial charge in [0.25, 0.3) is 0 Å². The van der Waals surface area contributed by atoms with Crippen molar-refractivity contribution in [3.63, 3.8) is 0 Å². The Bertz CT molecular complexity index is 343. The van der Waals surface area contributed by atoms with Gasteiger partial charge in [-0.3, -0.25) is 0 Å². The van der Waals surface area contributed by atoms with Crippen LogP contribution in [0.3, 0.4) is 0 Å². The first kappa shape index (κ1) is 10.9. The Morgan fingerprint density at radius 1 is 1.14 bits per heavy atom. The summed E-state index contributed by atoms with van der Waals surface area (Å²) in [5, 5.41) is 28.3. The van der Waals surface area contributed by atoms with Gasteiger partial charge in [0.1, 0.15) is 0 Å². The molecule has 0 saturated heterocycles. The van der Waals surface area contributed by atoms with Gasteiger partial charge in [-0.2, -0.15) is 0 Å². The molecular formula is C11H16O3. The molecule has 1 aromatic rings. The second-order valence-electron chi connectivity index (χ2n) is 4.17. The number of aliphatic hydroxyl groups excluding tert-OH is 1. The van der Waals surface area contributed by atoms with Crippen LogP contribution in [0.1, 0.15) is 25.0 Å². The number of aromatic hydroxyl groups is 2. The Balaban J connectivity index is 3.31. The number of aryl methyl sites for hydroxylation is 1. The van der Waals surface area contributed by atoms with Gasteiger partial charge in [0, 0.05) is 11.0 Å². The lowest BCUT2D eigenvalue weighted by Gasteiger charge is -2.23. The highest BCUT2D eigenvalue weighted by Crippen LogP contribution is 2.38. The largest absolute Gasteiger partial charge is 0.504 e. The first-order chi connectivity index (χ1) is 6.40. The SMILES string of the molecule is Cc1ccc(C(C)(C)CO)c(O)c1O. The van der Waals surface area contributed by atoms with Gasteiger partial charge in [-0.15, -0.1) is 0 Å². The van der Waals surface area contributed by atoms with Gasteiger partial charge in [-0.1, -0.05) is 26.0 Å². The topological polar surface area (TPSA) is 60.7 Å². The van der Waals surface area contributed by atoms with Crippen LogP contribution in [0.5, 0.6) is 11.5 Å². The molecule has 78 valence electrons. The third kappa shape index (κ3) is 1.68. The third-order valence-electron chi connectivity index (χ3n) is 2.48. The fourth-order valence-electron chi connectivity index (χ4n) is 1.31. The van der Waals surface area contributed by atoms with E-state index in [9.17, 15) is 10.2 Å². The molecule has 1 rings (SSSR count). The molecule has 0 aliphatic rings. The van der Waals surface area contributed by atoms with Crippen LogP contribution in [0.4, 0.5) is 0 Å². The standard InChI is InChI=1S/C11H16O3/c1-7-4-5-8(10(14)9(7)13)11(2,3)6-12/h4-5,12-14H,6H2,1-3H3. The van der Waals surface area contributed by atoms with Crippen LogP contribution in [0, 0.1) is 6.92 Å². The third-order valence-corrected chi connectivity index (χ3v) is 2.48. The number of hydrogen-bond acceptors (Lipinski definition) is 3. The molecule has 0 aliphatic heterocycles. The molecule has 0 spiro atoms. The fourth-order valence-corrected chi connectivity index (χ4v) is 1.31. The smallest absolute Gasteiger partial charge is 0.161 e. The van der Waals surface area contributed by atoms with E-state index in [2.05, 4.69) is 0 Å². The number of hydrogen-bond donors (Lipinski definition) is 3. The van der Waals surface area contributed by atoms with Crippen LogP contribution in [-0.4, -0.2) is 21.9 Å². The highest BCUT2D eigenvalue weighted by molar-refractivity contribution is 5.52. The van der Waals surface area contributed by atoms with Crippen LogP contribution < -0.4 is 0 Å². The van der Waals surface area contributed by atoms with E-state index in [0.29, 0.717) is 11.1 Å². The lowest BCUT2D eigenvalue weighted by atomic mass is 9.84. The van der Waals surface area contributed by atoms with Crippen molar-refractivity contribution in [1.29, 1.82) is 0 Å². The molecule has 0 aromatic heterocycles. The van der Waals surface area contributed by atoms with Gasteiger partial charge in [-0.05, 0) is 12.5 Å². The van der Waals surface area contributed by atoms with E-state index in [1.165, 1.54) is 0 Å². The number of phenolic OH excluding ortho intramolecular Hbond substituents is 2. The zero-order chi connectivity index (χ0) is 10.9. The maximum atomic E-state index is 9.68. The molecule has 0 saturated carbocycles. The summed E-state index contributed by atoms with van der Waals surface area (Å²) < 4.78 is 0. The van der Waals surface area contributed by atoms with Crippen molar-refractivity contribution >= 4 is 0 Å². The Labute approximate surface area is 83.6 Å². The molecule has 3 nitrogen and oxygen atoms in total. The summed E-state index contributed by atoms with van der Waals surface area (Å²) in [5.41, 5.74) is 0.637. The molecule has 0 fully saturated rings. The maximum Gasteiger partial charge on any atom is 0.161 e. The molecule has 0 unspecified atom stereocenters. The molecule has 3 heteroatoms. The Morgan fingerprint density at radius 2 is 1.71 bits per heavy atom. The molecular weight excluding hydrogens is 180 g/mol. The van der Waals surface area contributed by atoms with E-state index in [-0.39, 0.29) is 18.1 Å². The Kier molecular flexibility index (Phi) is 2.71. The van der Waals surface area contributed by atoms with E-state index >= 15 is 0 Å². The van der Waals surface area contributed by atoms with Crippen LogP contribution in [0.25, 0.3) is 0 Å². The lowest BCUT2D eigenvalue weighted by molar-refractivity contribution is 0.214. The summed E-state index contributed by atoms with van der Waals surface area (Å²) in [5.74, 6) is -0.243. The molecule has 0 aliphatic carbocycles. The summed E-state index contributed by atoms with van der Waals surface area (Å²) in [6.07, 6.45) is 0. The molecule has 0 heterocycles. The van der Waals surface area contributed by atoms with E-state index in [0.717, 1.165) is 0 Å². The van der Waals surface area contributed by atoms with Crippen LogP contribution in [0.15, 0.2) is 12.1 Å². The number of phenols is 2. The van der Waals surface area contributed by atoms with E-state index in [4.69, 9.17) is 5.11 Å². The zero-order valence-corrected chi connectivity index (χ0v) is 8.70. The van der Waals surface area contributed by atoms with Gasteiger partial charge in [0.05, 0.1) is 6.61 Å². The predicted molar refractivity (Wildman–Crippen MR) is 54.6 cm³/mol. The van der Waals surface area contributed by atoms with Gasteiger partial charge < -0.3 is 15.3 Å². The minimum atomic E-state index is -0.546. The highest BCUT2D eigenvalue weighted by Gasteiger charge is 2.24. The monoisotopic (exact) mass is 196 g/mol. The summed E-state index contributed by atoms with van der Waals surface area (Å²) >= 11 is 0. The van der Waals surface area contributed by atoms with E-state index in [1.54, 1.807) is 32.9 Å². The molecule has 14 heavy (non-hydrogen) atoms. The number of benzene rings is 1. The fraction of sp³-hybridized carbons (Fsp3) is 0.455. The van der Waals surface area contributed by atoms with Crippen molar-refractivity contribution < 1.29 is 15.3 Å². The van der Waals surface area contributed by atoms with Crippen molar-refractivity contribution in [2.45, 2.75) is 26.2 Å². The van der Waals surface area contributed by atoms with Gasteiger partial charge >= 0.3 is 0 Å². The van der Waals surface area contributed by atoms with Crippen molar-refractivity contribution in [3.05, 3.63) is 23.3 Å². The molecule has 0 amide bonds. The van der Waals surface area contributed by atoms with Crippen LogP contribution >= 0.6 is 0 Å². The van der Waals surface area contributed by atoms with Crippen LogP contribution in [0.2, 0.25) is 0 Å². The molecule has 0 bridgehead atoms. The summed E-state index contributed by atoms with van der Waals surface area (Å²) in [7, 11) is 0. The van der Waals surface area contributed by atoms with E-state index < -0.39 is 5.41 Å². The summed E-state index contributed by atoms with van der Waals surface area (Å²) in [6, 6.07) is 3.45. The zero-order valence-electron chi connectivity index (χ0n) is 8.70. The van der Waals surface area contributed by atoms with Crippen molar-refractivity contribution in [1.82, 2.24) is 0 Å². The minimum Gasteiger partial charge on any atom is -0.504 e. The van der Waals surface area contributed by atoms with Crippen molar-refractivity contribution in [2.75, 3.05) is 6.61 Å². The number of aliphatic hydroxyl groups is 1. The minimum absolute atomic E-state index is 0.0803. The van der Waals surface area contributed by atoms with Gasteiger partial charge in [0.15, 0.2) is 11.5 Å². The number of rotatable bonds is 2. The Morgan fingerprint density at radius 3 is 2.21 bits per heavy atom. The average molecular weight is 196 g/mol. The van der Waals surface area contributed by atoms with Crippen molar-refractivity contribution in [3.8, 4) is 11.5 Å². The normalized spacial score (nSPS) is 11.7. The molecule has 3 N–H and O–H groups in total. The van der Waals surface area contributed by atoms with E-state index in [1.807, 2.05) is 0 Å².